The van der Waals surface area contributed by atoms with Gasteiger partial charge >= 0.3 is 0 Å². The summed E-state index contributed by atoms with van der Waals surface area (Å²) in [5, 5.41) is 1.07. The topological polar surface area (TPSA) is 57.7 Å². The highest BCUT2D eigenvalue weighted by molar-refractivity contribution is 5.93. The Balaban J connectivity index is 1.67. The first-order chi connectivity index (χ1) is 12.2. The number of hydrogen-bond donors (Lipinski definition) is 1. The van der Waals surface area contributed by atoms with Crippen LogP contribution in [0.4, 0.5) is 5.69 Å². The molecular formula is C20H19N5. The summed E-state index contributed by atoms with van der Waals surface area (Å²) < 4.78 is 0. The lowest BCUT2D eigenvalue weighted by Gasteiger charge is -2.13. The largest absolute Gasteiger partial charge is 0.378 e. The number of benzene rings is 1. The lowest BCUT2D eigenvalue weighted by molar-refractivity contribution is 0.970. The first kappa shape index (κ1) is 15.3. The average Bonchev–Trinajstić information content (AvgIpc) is 3.06. The molecule has 0 saturated heterocycles. The number of hydrogen-bond acceptors (Lipinski definition) is 4. The maximum atomic E-state index is 4.76. The van der Waals surface area contributed by atoms with Gasteiger partial charge in [-0.25, -0.2) is 9.97 Å². The number of fused-ring (bicyclic) bond motifs is 1. The van der Waals surface area contributed by atoms with Crippen molar-refractivity contribution in [3.63, 3.8) is 0 Å². The zero-order chi connectivity index (χ0) is 17.2. The Morgan fingerprint density at radius 2 is 2.00 bits per heavy atom. The summed E-state index contributed by atoms with van der Waals surface area (Å²) in [6.07, 6.45) is 8.15. The molecule has 4 aromatic rings. The summed E-state index contributed by atoms with van der Waals surface area (Å²) >= 11 is 0. The Labute approximate surface area is 146 Å². The Hall–Kier alpha value is -3.21. The molecule has 0 spiro atoms. The summed E-state index contributed by atoms with van der Waals surface area (Å²) in [5.74, 6) is 0.812. The molecule has 5 nitrogen and oxygen atoms in total. The van der Waals surface area contributed by atoms with Gasteiger partial charge in [0.05, 0.1) is 5.69 Å². The van der Waals surface area contributed by atoms with Crippen LogP contribution in [-0.2, 0) is 6.42 Å². The van der Waals surface area contributed by atoms with Crippen molar-refractivity contribution in [1.29, 1.82) is 0 Å². The van der Waals surface area contributed by atoms with Crippen molar-refractivity contribution in [3.05, 3.63) is 72.6 Å². The monoisotopic (exact) mass is 329 g/mol. The minimum Gasteiger partial charge on any atom is -0.378 e. The van der Waals surface area contributed by atoms with Gasteiger partial charge in [-0.05, 0) is 29.8 Å². The minimum atomic E-state index is 0.704. The third kappa shape index (κ3) is 3.08. The molecule has 0 fully saturated rings. The van der Waals surface area contributed by atoms with Gasteiger partial charge in [0, 0.05) is 67.5 Å². The van der Waals surface area contributed by atoms with Crippen molar-refractivity contribution >= 4 is 16.6 Å². The fraction of sp³-hybridized carbons (Fsp3) is 0.150. The molecule has 0 radical (unpaired) electrons. The second kappa shape index (κ2) is 6.36. The van der Waals surface area contributed by atoms with Crippen LogP contribution in [0.25, 0.3) is 22.2 Å². The summed E-state index contributed by atoms with van der Waals surface area (Å²) in [6, 6.07) is 12.4. The molecule has 0 aliphatic carbocycles. The fourth-order valence-corrected chi connectivity index (χ4v) is 2.94. The number of nitrogens with one attached hydrogen (secondary N) is 1. The molecule has 124 valence electrons. The number of H-pyrrole nitrogens is 1. The molecule has 0 bridgehead atoms. The molecule has 4 rings (SSSR count). The van der Waals surface area contributed by atoms with Crippen LogP contribution >= 0.6 is 0 Å². The molecule has 5 heteroatoms. The quantitative estimate of drug-likeness (QED) is 0.620. The molecule has 3 aromatic heterocycles. The number of aromatic amines is 1. The van der Waals surface area contributed by atoms with E-state index in [-0.39, 0.29) is 0 Å². The second-order valence-electron chi connectivity index (χ2n) is 6.22. The summed E-state index contributed by atoms with van der Waals surface area (Å²) in [7, 11) is 4.09. The molecule has 0 aliphatic rings. The number of nitrogens with zero attached hydrogens (tertiary/aromatic N) is 4. The van der Waals surface area contributed by atoms with Crippen molar-refractivity contribution in [3.8, 4) is 11.3 Å². The van der Waals surface area contributed by atoms with E-state index in [4.69, 9.17) is 4.98 Å². The molecule has 0 amide bonds. The van der Waals surface area contributed by atoms with Crippen LogP contribution in [0.15, 0.2) is 61.2 Å². The lowest BCUT2D eigenvalue weighted by atomic mass is 10.1. The Morgan fingerprint density at radius 3 is 2.88 bits per heavy atom. The van der Waals surface area contributed by atoms with E-state index in [9.17, 15) is 0 Å². The molecule has 0 saturated carbocycles. The Morgan fingerprint density at radius 1 is 1.08 bits per heavy atom. The summed E-state index contributed by atoms with van der Waals surface area (Å²) in [4.78, 5) is 18.8. The number of pyridine rings is 1. The van der Waals surface area contributed by atoms with Crippen molar-refractivity contribution in [1.82, 2.24) is 19.9 Å². The van der Waals surface area contributed by atoms with E-state index < -0.39 is 0 Å². The van der Waals surface area contributed by atoms with E-state index in [0.717, 1.165) is 28.0 Å². The van der Waals surface area contributed by atoms with Crippen molar-refractivity contribution in [2.75, 3.05) is 19.0 Å². The van der Waals surface area contributed by atoms with Gasteiger partial charge < -0.3 is 9.88 Å². The first-order valence-corrected chi connectivity index (χ1v) is 8.20. The van der Waals surface area contributed by atoms with Crippen LogP contribution < -0.4 is 4.90 Å². The van der Waals surface area contributed by atoms with Gasteiger partial charge in [0.15, 0.2) is 0 Å². The van der Waals surface area contributed by atoms with Crippen LogP contribution in [0.5, 0.6) is 0 Å². The van der Waals surface area contributed by atoms with Gasteiger partial charge in [0.1, 0.15) is 5.82 Å². The van der Waals surface area contributed by atoms with E-state index in [1.807, 2.05) is 44.8 Å². The van der Waals surface area contributed by atoms with Crippen LogP contribution in [0, 0.1) is 0 Å². The van der Waals surface area contributed by atoms with Crippen molar-refractivity contribution in [2.24, 2.45) is 0 Å². The molecule has 3 heterocycles. The molecule has 1 aromatic carbocycles. The standard InChI is InChI=1S/C20H19N5/c1-25(2)15-5-3-4-14(10-15)11-20-22-9-7-19(24-20)17-13-23-18-6-8-21-12-16(17)18/h3-10,12-13,23H,11H2,1-2H3. The van der Waals surface area contributed by atoms with Gasteiger partial charge in [-0.2, -0.15) is 0 Å². The highest BCUT2D eigenvalue weighted by Crippen LogP contribution is 2.26. The number of rotatable bonds is 4. The number of aromatic nitrogens is 4. The SMILES string of the molecule is CN(C)c1cccc(Cc2nccc(-c3c[nH]c4ccncc34)n2)c1. The fourth-order valence-electron chi connectivity index (χ4n) is 2.94. The first-order valence-electron chi connectivity index (χ1n) is 8.20. The zero-order valence-corrected chi connectivity index (χ0v) is 14.3. The molecule has 25 heavy (non-hydrogen) atoms. The third-order valence-electron chi connectivity index (χ3n) is 4.25. The van der Waals surface area contributed by atoms with Crippen molar-refractivity contribution < 1.29 is 0 Å². The predicted molar refractivity (Wildman–Crippen MR) is 101 cm³/mol. The van der Waals surface area contributed by atoms with Crippen LogP contribution in [0.2, 0.25) is 0 Å². The Kier molecular flexibility index (Phi) is 3.90. The van der Waals surface area contributed by atoms with Gasteiger partial charge in [0.2, 0.25) is 0 Å². The van der Waals surface area contributed by atoms with Crippen LogP contribution in [0.1, 0.15) is 11.4 Å². The molecule has 0 unspecified atom stereocenters. The lowest BCUT2D eigenvalue weighted by Crippen LogP contribution is -2.08. The average molecular weight is 329 g/mol. The number of anilines is 1. The third-order valence-corrected chi connectivity index (χ3v) is 4.25. The van der Waals surface area contributed by atoms with E-state index in [2.05, 4.69) is 44.1 Å². The van der Waals surface area contributed by atoms with Gasteiger partial charge in [-0.3, -0.25) is 4.98 Å². The maximum absolute atomic E-state index is 4.76. The Bertz CT molecular complexity index is 1020. The minimum absolute atomic E-state index is 0.704. The summed E-state index contributed by atoms with van der Waals surface area (Å²) in [5.41, 5.74) is 5.39. The van der Waals surface area contributed by atoms with Crippen LogP contribution in [-0.4, -0.2) is 34.0 Å². The normalized spacial score (nSPS) is 11.0. The molecule has 0 atom stereocenters. The van der Waals surface area contributed by atoms with Crippen molar-refractivity contribution in [2.45, 2.75) is 6.42 Å². The van der Waals surface area contributed by atoms with Gasteiger partial charge in [0.25, 0.3) is 0 Å². The predicted octanol–water partition coefficient (Wildman–Crippen LogP) is 3.68. The van der Waals surface area contributed by atoms with E-state index in [1.165, 1.54) is 11.3 Å². The van der Waals surface area contributed by atoms with E-state index in [1.54, 1.807) is 6.20 Å². The molecular weight excluding hydrogens is 310 g/mol. The smallest absolute Gasteiger partial charge is 0.133 e. The molecule has 1 N–H and O–H groups in total. The second-order valence-corrected chi connectivity index (χ2v) is 6.22. The highest BCUT2D eigenvalue weighted by Gasteiger charge is 2.09. The van der Waals surface area contributed by atoms with E-state index in [0.29, 0.717) is 6.42 Å². The van der Waals surface area contributed by atoms with E-state index >= 15 is 0 Å². The van der Waals surface area contributed by atoms with Crippen LogP contribution in [0.3, 0.4) is 0 Å². The van der Waals surface area contributed by atoms with Gasteiger partial charge in [-0.15, -0.1) is 0 Å². The summed E-state index contributed by atoms with van der Waals surface area (Å²) in [6.45, 7) is 0. The highest BCUT2D eigenvalue weighted by atomic mass is 15.1. The zero-order valence-electron chi connectivity index (χ0n) is 14.3. The van der Waals surface area contributed by atoms with Gasteiger partial charge in [-0.1, -0.05) is 12.1 Å². The maximum Gasteiger partial charge on any atom is 0.133 e. The molecule has 0 aliphatic heterocycles.